The molecule has 0 spiro atoms. The van der Waals surface area contributed by atoms with Gasteiger partial charge in [-0.25, -0.2) is 4.39 Å². The normalized spacial score (nSPS) is 14.8. The molecule has 0 aliphatic heterocycles. The molecule has 0 aliphatic carbocycles. The van der Waals surface area contributed by atoms with Crippen LogP contribution in [0.2, 0.25) is 0 Å². The molecule has 90 valence electrons. The van der Waals surface area contributed by atoms with Crippen LogP contribution in [0.25, 0.3) is 0 Å². The van der Waals surface area contributed by atoms with Gasteiger partial charge in [-0.1, -0.05) is 18.2 Å². The van der Waals surface area contributed by atoms with E-state index in [0.717, 1.165) is 0 Å². The molecule has 1 rings (SSSR count). The average molecular weight is 230 g/mol. The second-order valence-electron chi connectivity index (χ2n) is 3.31. The first-order valence-electron chi connectivity index (χ1n) is 4.84. The van der Waals surface area contributed by atoms with Gasteiger partial charge in [-0.05, 0) is 6.07 Å². The van der Waals surface area contributed by atoms with Crippen LogP contribution in [0, 0.1) is 5.82 Å². The topological polar surface area (TPSA) is 58.9 Å². The maximum absolute atomic E-state index is 13.3. The number of rotatable bonds is 6. The van der Waals surface area contributed by atoms with E-state index in [1.807, 2.05) is 0 Å². The van der Waals surface area contributed by atoms with E-state index in [0.29, 0.717) is 0 Å². The van der Waals surface area contributed by atoms with Crippen LogP contribution < -0.4 is 0 Å². The van der Waals surface area contributed by atoms with Gasteiger partial charge in [0.2, 0.25) is 0 Å². The van der Waals surface area contributed by atoms with Gasteiger partial charge in [-0.3, -0.25) is 0 Å². The van der Waals surface area contributed by atoms with E-state index in [2.05, 4.69) is 4.74 Å². The van der Waals surface area contributed by atoms with Crippen LogP contribution in [-0.2, 0) is 9.47 Å². The molecule has 4 nitrogen and oxygen atoms in total. The van der Waals surface area contributed by atoms with Gasteiger partial charge in [0.25, 0.3) is 0 Å². The second-order valence-corrected chi connectivity index (χ2v) is 3.31. The molecular formula is C11H15FO4. The number of aliphatic hydroxyl groups is 2. The summed E-state index contributed by atoms with van der Waals surface area (Å²) in [5.41, 5.74) is 0.0519. The van der Waals surface area contributed by atoms with Crippen molar-refractivity contribution in [2.45, 2.75) is 12.2 Å². The fourth-order valence-corrected chi connectivity index (χ4v) is 1.27. The fourth-order valence-electron chi connectivity index (χ4n) is 1.27. The van der Waals surface area contributed by atoms with Crippen molar-refractivity contribution in [2.24, 2.45) is 0 Å². The van der Waals surface area contributed by atoms with Crippen molar-refractivity contribution in [3.63, 3.8) is 0 Å². The summed E-state index contributed by atoms with van der Waals surface area (Å²) in [6.45, 7) is -0.107. The van der Waals surface area contributed by atoms with E-state index in [-0.39, 0.29) is 19.0 Å². The molecule has 2 atom stereocenters. The van der Waals surface area contributed by atoms with Crippen molar-refractivity contribution < 1.29 is 24.1 Å². The highest BCUT2D eigenvalue weighted by atomic mass is 19.1. The van der Waals surface area contributed by atoms with Crippen LogP contribution >= 0.6 is 0 Å². The molecule has 2 N–H and O–H groups in total. The standard InChI is InChI=1S/C11H15FO4/c1-15-7-16-6-10(13)11(14)8-4-2-3-5-9(8)12/h2-5,10-11,13-14H,6-7H2,1H3/t10-,11-/m1/s1. The zero-order valence-corrected chi connectivity index (χ0v) is 8.97. The van der Waals surface area contributed by atoms with Gasteiger partial charge >= 0.3 is 0 Å². The Morgan fingerprint density at radius 1 is 1.31 bits per heavy atom. The molecular weight excluding hydrogens is 215 g/mol. The SMILES string of the molecule is COCOC[C@@H](O)[C@H](O)c1ccccc1F. The highest BCUT2D eigenvalue weighted by molar-refractivity contribution is 5.20. The summed E-state index contributed by atoms with van der Waals surface area (Å²) in [5, 5.41) is 19.2. The van der Waals surface area contributed by atoms with Gasteiger partial charge in [0.05, 0.1) is 6.61 Å². The quantitative estimate of drug-likeness (QED) is 0.561. The highest BCUT2D eigenvalue weighted by Crippen LogP contribution is 2.19. The number of halogens is 1. The monoisotopic (exact) mass is 230 g/mol. The van der Waals surface area contributed by atoms with Crippen LogP contribution in [0.3, 0.4) is 0 Å². The summed E-state index contributed by atoms with van der Waals surface area (Å²) >= 11 is 0. The van der Waals surface area contributed by atoms with E-state index in [1.165, 1.54) is 25.3 Å². The largest absolute Gasteiger partial charge is 0.388 e. The van der Waals surface area contributed by atoms with Gasteiger partial charge in [0.1, 0.15) is 24.8 Å². The van der Waals surface area contributed by atoms with Crippen molar-refractivity contribution in [2.75, 3.05) is 20.5 Å². The highest BCUT2D eigenvalue weighted by Gasteiger charge is 2.21. The fraction of sp³-hybridized carbons (Fsp3) is 0.455. The molecule has 5 heteroatoms. The number of aliphatic hydroxyl groups excluding tert-OH is 2. The molecule has 0 heterocycles. The van der Waals surface area contributed by atoms with Crippen LogP contribution in [0.15, 0.2) is 24.3 Å². The molecule has 0 saturated carbocycles. The molecule has 0 fully saturated rings. The molecule has 0 unspecified atom stereocenters. The number of hydrogen-bond acceptors (Lipinski definition) is 4. The van der Waals surface area contributed by atoms with E-state index >= 15 is 0 Å². The Morgan fingerprint density at radius 3 is 2.62 bits per heavy atom. The molecule has 1 aromatic rings. The number of ether oxygens (including phenoxy) is 2. The van der Waals surface area contributed by atoms with Crippen LogP contribution in [-0.4, -0.2) is 36.8 Å². The maximum Gasteiger partial charge on any atom is 0.146 e. The Morgan fingerprint density at radius 2 is 2.00 bits per heavy atom. The first-order chi connectivity index (χ1) is 7.66. The molecule has 0 aromatic heterocycles. The molecule has 0 aliphatic rings. The Hall–Kier alpha value is -1.01. The Balaban J connectivity index is 2.56. The average Bonchev–Trinajstić information content (AvgIpc) is 2.29. The minimum atomic E-state index is -1.31. The molecule has 0 saturated heterocycles. The maximum atomic E-state index is 13.3. The second kappa shape index (κ2) is 6.55. The first kappa shape index (κ1) is 13.1. The Bertz CT molecular complexity index is 319. The third-order valence-electron chi connectivity index (χ3n) is 2.08. The zero-order valence-electron chi connectivity index (χ0n) is 8.97. The van der Waals surface area contributed by atoms with E-state index in [1.54, 1.807) is 6.07 Å². The lowest BCUT2D eigenvalue weighted by molar-refractivity contribution is -0.0905. The Kier molecular flexibility index (Phi) is 5.34. The minimum absolute atomic E-state index is 0.0149. The predicted octanol–water partition coefficient (Wildman–Crippen LogP) is 0.841. The molecule has 0 radical (unpaired) electrons. The van der Waals surface area contributed by atoms with E-state index in [9.17, 15) is 14.6 Å². The smallest absolute Gasteiger partial charge is 0.146 e. The molecule has 0 amide bonds. The summed E-state index contributed by atoms with van der Waals surface area (Å²) in [5.74, 6) is -0.555. The molecule has 1 aromatic carbocycles. The predicted molar refractivity (Wildman–Crippen MR) is 55.2 cm³/mol. The van der Waals surface area contributed by atoms with Crippen molar-refractivity contribution in [3.05, 3.63) is 35.6 Å². The zero-order chi connectivity index (χ0) is 12.0. The first-order valence-corrected chi connectivity index (χ1v) is 4.84. The van der Waals surface area contributed by atoms with Crippen molar-refractivity contribution >= 4 is 0 Å². The number of methoxy groups -OCH3 is 1. The van der Waals surface area contributed by atoms with Crippen molar-refractivity contribution in [3.8, 4) is 0 Å². The van der Waals surface area contributed by atoms with Gasteiger partial charge in [-0.2, -0.15) is 0 Å². The van der Waals surface area contributed by atoms with Gasteiger partial charge in [-0.15, -0.1) is 0 Å². The minimum Gasteiger partial charge on any atom is -0.388 e. The lowest BCUT2D eigenvalue weighted by atomic mass is 10.0. The Labute approximate surface area is 93.2 Å². The molecule has 0 bridgehead atoms. The van der Waals surface area contributed by atoms with Crippen molar-refractivity contribution in [1.82, 2.24) is 0 Å². The summed E-state index contributed by atoms with van der Waals surface area (Å²) in [7, 11) is 1.44. The third-order valence-corrected chi connectivity index (χ3v) is 2.08. The summed E-state index contributed by atoms with van der Waals surface area (Å²) < 4.78 is 22.7. The number of hydrogen-bond donors (Lipinski definition) is 2. The van der Waals surface area contributed by atoms with Crippen LogP contribution in [0.5, 0.6) is 0 Å². The lowest BCUT2D eigenvalue weighted by Gasteiger charge is -2.18. The summed E-state index contributed by atoms with van der Waals surface area (Å²) in [4.78, 5) is 0. The van der Waals surface area contributed by atoms with Gasteiger partial charge in [0.15, 0.2) is 0 Å². The van der Waals surface area contributed by atoms with Crippen LogP contribution in [0.4, 0.5) is 4.39 Å². The lowest BCUT2D eigenvalue weighted by Crippen LogP contribution is -2.25. The summed E-state index contributed by atoms with van der Waals surface area (Å²) in [6, 6.07) is 5.74. The number of benzene rings is 1. The van der Waals surface area contributed by atoms with E-state index < -0.39 is 18.0 Å². The van der Waals surface area contributed by atoms with Gasteiger partial charge < -0.3 is 19.7 Å². The van der Waals surface area contributed by atoms with E-state index in [4.69, 9.17) is 4.74 Å². The van der Waals surface area contributed by atoms with Crippen molar-refractivity contribution in [1.29, 1.82) is 0 Å². The third kappa shape index (κ3) is 3.53. The molecule has 16 heavy (non-hydrogen) atoms. The van der Waals surface area contributed by atoms with Crippen LogP contribution in [0.1, 0.15) is 11.7 Å². The van der Waals surface area contributed by atoms with Gasteiger partial charge in [0, 0.05) is 12.7 Å². The summed E-state index contributed by atoms with van der Waals surface area (Å²) in [6.07, 6.45) is -2.50.